The fourth-order valence-corrected chi connectivity index (χ4v) is 4.00. The van der Waals surface area contributed by atoms with Crippen LogP contribution in [0.4, 0.5) is 5.69 Å². The molecule has 0 amide bonds. The van der Waals surface area contributed by atoms with Gasteiger partial charge < -0.3 is 15.2 Å². The molecule has 2 unspecified atom stereocenters. The van der Waals surface area contributed by atoms with Gasteiger partial charge in [-0.15, -0.1) is 0 Å². The number of aromatic nitrogens is 1. The predicted octanol–water partition coefficient (Wildman–Crippen LogP) is 2.09. The molecule has 2 N–H and O–H groups in total. The number of anilines is 1. The van der Waals surface area contributed by atoms with Gasteiger partial charge in [0, 0.05) is 37.1 Å². The molecule has 1 aliphatic carbocycles. The molecule has 3 rings (SSSR count). The second-order valence-corrected chi connectivity index (χ2v) is 6.28. The number of pyridine rings is 1. The van der Waals surface area contributed by atoms with E-state index < -0.39 is 0 Å². The van der Waals surface area contributed by atoms with E-state index in [-0.39, 0.29) is 5.56 Å². The Balaban J connectivity index is 1.54. The molecule has 4 nitrogen and oxygen atoms in total. The zero-order valence-corrected chi connectivity index (χ0v) is 12.1. The van der Waals surface area contributed by atoms with Crippen molar-refractivity contribution in [1.29, 1.82) is 0 Å². The van der Waals surface area contributed by atoms with Gasteiger partial charge in [0.25, 0.3) is 5.56 Å². The van der Waals surface area contributed by atoms with Crippen LogP contribution in [0, 0.1) is 5.92 Å². The van der Waals surface area contributed by atoms with Crippen LogP contribution in [0.25, 0.3) is 0 Å². The largest absolute Gasteiger partial charge is 0.398 e. The summed E-state index contributed by atoms with van der Waals surface area (Å²) in [5.41, 5.74) is 6.46. The number of nitrogens with zero attached hydrogens (tertiary/aromatic N) is 2. The van der Waals surface area contributed by atoms with E-state index in [1.165, 1.54) is 38.6 Å². The highest BCUT2D eigenvalue weighted by Crippen LogP contribution is 2.36. The summed E-state index contributed by atoms with van der Waals surface area (Å²) in [4.78, 5) is 14.4. The SMILES string of the molecule is Nc1ccc(=O)n(CCCN2CCCC3CCCC32)c1. The van der Waals surface area contributed by atoms with Gasteiger partial charge in [-0.25, -0.2) is 0 Å². The first kappa shape index (κ1) is 13.7. The maximum absolute atomic E-state index is 11.7. The summed E-state index contributed by atoms with van der Waals surface area (Å²) >= 11 is 0. The minimum Gasteiger partial charge on any atom is -0.398 e. The number of nitrogen functional groups attached to an aromatic ring is 1. The first-order valence-electron chi connectivity index (χ1n) is 7.94. The van der Waals surface area contributed by atoms with Gasteiger partial charge >= 0.3 is 0 Å². The summed E-state index contributed by atoms with van der Waals surface area (Å²) in [5.74, 6) is 0.943. The number of likely N-dealkylation sites (tertiary alicyclic amines) is 1. The van der Waals surface area contributed by atoms with Crippen LogP contribution < -0.4 is 11.3 Å². The first-order valence-corrected chi connectivity index (χ1v) is 7.94. The number of nitrogens with two attached hydrogens (primary N) is 1. The van der Waals surface area contributed by atoms with Gasteiger partial charge in [0.1, 0.15) is 0 Å². The van der Waals surface area contributed by atoms with Crippen molar-refractivity contribution in [3.8, 4) is 0 Å². The smallest absolute Gasteiger partial charge is 0.250 e. The lowest BCUT2D eigenvalue weighted by molar-refractivity contribution is 0.110. The van der Waals surface area contributed by atoms with E-state index in [1.807, 2.05) is 0 Å². The highest BCUT2D eigenvalue weighted by Gasteiger charge is 2.34. The zero-order valence-electron chi connectivity index (χ0n) is 12.1. The minimum absolute atomic E-state index is 0.0524. The van der Waals surface area contributed by atoms with E-state index in [0.717, 1.165) is 31.5 Å². The Morgan fingerprint density at radius 1 is 1.15 bits per heavy atom. The molecule has 1 saturated heterocycles. The number of fused-ring (bicyclic) bond motifs is 1. The molecule has 110 valence electrons. The van der Waals surface area contributed by atoms with Crippen LogP contribution in [0.15, 0.2) is 23.1 Å². The van der Waals surface area contributed by atoms with Crippen molar-refractivity contribution in [2.75, 3.05) is 18.8 Å². The summed E-state index contributed by atoms with van der Waals surface area (Å²) in [6.45, 7) is 3.13. The standard InChI is InChI=1S/C16H25N3O/c17-14-7-8-16(20)19(12-14)11-3-10-18-9-2-5-13-4-1-6-15(13)18/h7-8,12-13,15H,1-6,9-11,17H2. The van der Waals surface area contributed by atoms with Crippen LogP contribution in [0.5, 0.6) is 0 Å². The number of piperidine rings is 1. The molecule has 2 aliphatic rings. The average Bonchev–Trinajstić information content (AvgIpc) is 2.92. The van der Waals surface area contributed by atoms with E-state index in [2.05, 4.69) is 4.90 Å². The molecule has 1 aliphatic heterocycles. The van der Waals surface area contributed by atoms with Gasteiger partial charge in [0.15, 0.2) is 0 Å². The average molecular weight is 275 g/mol. The van der Waals surface area contributed by atoms with E-state index in [4.69, 9.17) is 5.73 Å². The van der Waals surface area contributed by atoms with Gasteiger partial charge in [0.2, 0.25) is 0 Å². The summed E-state index contributed by atoms with van der Waals surface area (Å²) in [6, 6.07) is 4.05. The quantitative estimate of drug-likeness (QED) is 0.915. The zero-order chi connectivity index (χ0) is 13.9. The molecular weight excluding hydrogens is 250 g/mol. The molecule has 0 aromatic carbocycles. The van der Waals surface area contributed by atoms with E-state index >= 15 is 0 Å². The topological polar surface area (TPSA) is 51.3 Å². The Morgan fingerprint density at radius 2 is 2.00 bits per heavy atom. The van der Waals surface area contributed by atoms with Gasteiger partial charge in [-0.3, -0.25) is 4.79 Å². The van der Waals surface area contributed by atoms with Gasteiger partial charge in [0.05, 0.1) is 0 Å². The minimum atomic E-state index is 0.0524. The summed E-state index contributed by atoms with van der Waals surface area (Å²) < 4.78 is 1.74. The Kier molecular flexibility index (Phi) is 4.10. The molecule has 2 atom stereocenters. The second kappa shape index (κ2) is 6.00. The van der Waals surface area contributed by atoms with Crippen molar-refractivity contribution >= 4 is 5.69 Å². The van der Waals surface area contributed by atoms with Gasteiger partial charge in [-0.1, -0.05) is 6.42 Å². The Labute approximate surface area is 120 Å². The van der Waals surface area contributed by atoms with Crippen LogP contribution in [0.3, 0.4) is 0 Å². The number of hydrogen-bond acceptors (Lipinski definition) is 3. The van der Waals surface area contributed by atoms with E-state index in [1.54, 1.807) is 22.9 Å². The van der Waals surface area contributed by atoms with Crippen molar-refractivity contribution in [3.63, 3.8) is 0 Å². The third kappa shape index (κ3) is 2.90. The van der Waals surface area contributed by atoms with Crippen LogP contribution >= 0.6 is 0 Å². The van der Waals surface area contributed by atoms with Crippen molar-refractivity contribution in [3.05, 3.63) is 28.7 Å². The molecule has 1 saturated carbocycles. The third-order valence-corrected chi connectivity index (χ3v) is 4.96. The number of aryl methyl sites for hydroxylation is 1. The van der Waals surface area contributed by atoms with Crippen LogP contribution in [-0.2, 0) is 6.54 Å². The fourth-order valence-electron chi connectivity index (χ4n) is 4.00. The number of rotatable bonds is 4. The summed E-state index contributed by atoms with van der Waals surface area (Å²) in [6.07, 6.45) is 9.78. The molecule has 2 fully saturated rings. The molecule has 0 radical (unpaired) electrons. The molecule has 0 spiro atoms. The normalized spacial score (nSPS) is 26.6. The van der Waals surface area contributed by atoms with Crippen molar-refractivity contribution in [2.45, 2.75) is 51.1 Å². The molecule has 2 heterocycles. The lowest BCUT2D eigenvalue weighted by atomic mass is 9.92. The molecule has 4 heteroatoms. The first-order chi connectivity index (χ1) is 9.74. The molecule has 20 heavy (non-hydrogen) atoms. The molecule has 1 aromatic rings. The van der Waals surface area contributed by atoms with Crippen molar-refractivity contribution in [2.24, 2.45) is 5.92 Å². The Morgan fingerprint density at radius 3 is 2.90 bits per heavy atom. The van der Waals surface area contributed by atoms with Crippen LogP contribution in [-0.4, -0.2) is 28.6 Å². The lowest BCUT2D eigenvalue weighted by Crippen LogP contribution is -2.43. The summed E-state index contributed by atoms with van der Waals surface area (Å²) in [5, 5.41) is 0. The van der Waals surface area contributed by atoms with Crippen molar-refractivity contribution < 1.29 is 0 Å². The maximum atomic E-state index is 11.7. The summed E-state index contributed by atoms with van der Waals surface area (Å²) in [7, 11) is 0. The van der Waals surface area contributed by atoms with E-state index in [0.29, 0.717) is 5.69 Å². The molecule has 0 bridgehead atoms. The van der Waals surface area contributed by atoms with Gasteiger partial charge in [-0.2, -0.15) is 0 Å². The van der Waals surface area contributed by atoms with Crippen LogP contribution in [0.2, 0.25) is 0 Å². The Bertz CT molecular complexity index is 511. The predicted molar refractivity (Wildman–Crippen MR) is 81.7 cm³/mol. The lowest BCUT2D eigenvalue weighted by Gasteiger charge is -2.37. The van der Waals surface area contributed by atoms with Gasteiger partial charge in [-0.05, 0) is 50.6 Å². The van der Waals surface area contributed by atoms with E-state index in [9.17, 15) is 4.79 Å². The highest BCUT2D eigenvalue weighted by atomic mass is 16.1. The maximum Gasteiger partial charge on any atom is 0.250 e. The second-order valence-electron chi connectivity index (χ2n) is 6.28. The highest BCUT2D eigenvalue weighted by molar-refractivity contribution is 5.33. The molecular formula is C16H25N3O. The third-order valence-electron chi connectivity index (χ3n) is 4.96. The fraction of sp³-hybridized carbons (Fsp3) is 0.688. The number of hydrogen-bond donors (Lipinski definition) is 1. The molecule has 1 aromatic heterocycles. The van der Waals surface area contributed by atoms with Crippen molar-refractivity contribution in [1.82, 2.24) is 9.47 Å². The van der Waals surface area contributed by atoms with Crippen LogP contribution in [0.1, 0.15) is 38.5 Å². The monoisotopic (exact) mass is 275 g/mol. The Hall–Kier alpha value is -1.29.